The summed E-state index contributed by atoms with van der Waals surface area (Å²) in [6.45, 7) is 0. The van der Waals surface area contributed by atoms with Crippen LogP contribution < -0.4 is 9.46 Å². The summed E-state index contributed by atoms with van der Waals surface area (Å²) >= 11 is 5.61. The molecule has 0 bridgehead atoms. The van der Waals surface area contributed by atoms with Crippen LogP contribution in [0.1, 0.15) is 0 Å². The molecule has 0 radical (unpaired) electrons. The normalized spacial score (nSPS) is 12.0. The van der Waals surface area contributed by atoms with Gasteiger partial charge in [-0.2, -0.15) is 0 Å². The van der Waals surface area contributed by atoms with Crippen molar-refractivity contribution in [3.63, 3.8) is 0 Å². The minimum absolute atomic E-state index is 0.0915. The molecule has 10 heteroatoms. The van der Waals surface area contributed by atoms with Crippen molar-refractivity contribution in [2.24, 2.45) is 0 Å². The minimum atomic E-state index is -5.01. The van der Waals surface area contributed by atoms with Crippen LogP contribution in [0.2, 0.25) is 5.02 Å². The number of para-hydroxylation sites is 1. The van der Waals surface area contributed by atoms with E-state index < -0.39 is 27.0 Å². The standard InChI is InChI=1S/C12H8ClF3N2O3S/c13-8-5-6-11(17-7-8)18-22(19,20)10-4-2-1-3-9(10)21-12(14,15)16/h1-7H,(H,17,18). The van der Waals surface area contributed by atoms with E-state index in [2.05, 4.69) is 9.72 Å². The van der Waals surface area contributed by atoms with Crippen molar-refractivity contribution < 1.29 is 26.3 Å². The number of nitrogens with zero attached hydrogens (tertiary/aromatic N) is 1. The number of benzene rings is 1. The summed E-state index contributed by atoms with van der Waals surface area (Å²) in [4.78, 5) is 3.05. The summed E-state index contributed by atoms with van der Waals surface area (Å²) in [6, 6.07) is 7.03. The maximum absolute atomic E-state index is 12.3. The van der Waals surface area contributed by atoms with Gasteiger partial charge in [0, 0.05) is 6.20 Å². The summed E-state index contributed by atoms with van der Waals surface area (Å²) in [5, 5.41) is 0.281. The molecule has 0 aliphatic carbocycles. The van der Waals surface area contributed by atoms with Gasteiger partial charge < -0.3 is 4.74 Å². The molecular formula is C12H8ClF3N2O3S. The molecule has 0 unspecified atom stereocenters. The first-order valence-electron chi connectivity index (χ1n) is 5.66. The number of anilines is 1. The third kappa shape index (κ3) is 4.25. The average molecular weight is 353 g/mol. The van der Waals surface area contributed by atoms with Crippen molar-refractivity contribution in [3.8, 4) is 5.75 Å². The van der Waals surface area contributed by atoms with Gasteiger partial charge in [-0.1, -0.05) is 23.7 Å². The lowest BCUT2D eigenvalue weighted by molar-refractivity contribution is -0.275. The Hall–Kier alpha value is -2.00. The van der Waals surface area contributed by atoms with E-state index in [4.69, 9.17) is 11.6 Å². The SMILES string of the molecule is O=S(=O)(Nc1ccc(Cl)cn1)c1ccccc1OC(F)(F)F. The lowest BCUT2D eigenvalue weighted by Gasteiger charge is -2.14. The Bertz CT molecular complexity index is 764. The third-order valence-electron chi connectivity index (χ3n) is 2.33. The predicted octanol–water partition coefficient (Wildman–Crippen LogP) is 3.43. The average Bonchev–Trinajstić information content (AvgIpc) is 2.40. The van der Waals surface area contributed by atoms with E-state index in [-0.39, 0.29) is 10.8 Å². The Balaban J connectivity index is 2.35. The summed E-state index contributed by atoms with van der Waals surface area (Å²) in [5.74, 6) is -0.928. The summed E-state index contributed by atoms with van der Waals surface area (Å²) < 4.78 is 67.0. The summed E-state index contributed by atoms with van der Waals surface area (Å²) in [6.07, 6.45) is -3.82. The van der Waals surface area contributed by atoms with E-state index in [0.29, 0.717) is 0 Å². The van der Waals surface area contributed by atoms with Gasteiger partial charge in [-0.3, -0.25) is 4.72 Å². The Morgan fingerprint density at radius 2 is 1.82 bits per heavy atom. The lowest BCUT2D eigenvalue weighted by Crippen LogP contribution is -2.21. The van der Waals surface area contributed by atoms with Crippen LogP contribution in [-0.2, 0) is 10.0 Å². The van der Waals surface area contributed by atoms with Gasteiger partial charge in [-0.05, 0) is 24.3 Å². The molecule has 0 atom stereocenters. The minimum Gasteiger partial charge on any atom is -0.404 e. The molecule has 22 heavy (non-hydrogen) atoms. The number of pyridine rings is 1. The number of hydrogen-bond donors (Lipinski definition) is 1. The zero-order valence-corrected chi connectivity index (χ0v) is 12.2. The molecule has 118 valence electrons. The largest absolute Gasteiger partial charge is 0.573 e. The second-order valence-corrected chi connectivity index (χ2v) is 6.05. The molecule has 0 aliphatic heterocycles. The number of rotatable bonds is 4. The summed E-state index contributed by atoms with van der Waals surface area (Å²) in [5.41, 5.74) is 0. The monoisotopic (exact) mass is 352 g/mol. The smallest absolute Gasteiger partial charge is 0.404 e. The molecule has 2 rings (SSSR count). The van der Waals surface area contributed by atoms with Crippen LogP contribution in [-0.4, -0.2) is 19.8 Å². The van der Waals surface area contributed by atoms with Gasteiger partial charge >= 0.3 is 6.36 Å². The second kappa shape index (κ2) is 6.01. The fraction of sp³-hybridized carbons (Fsp3) is 0.0833. The Morgan fingerprint density at radius 1 is 1.14 bits per heavy atom. The molecule has 5 nitrogen and oxygen atoms in total. The molecule has 2 aromatic rings. The Morgan fingerprint density at radius 3 is 2.41 bits per heavy atom. The number of aromatic nitrogens is 1. The van der Waals surface area contributed by atoms with Gasteiger partial charge in [0.1, 0.15) is 16.5 Å². The Labute approximate surface area is 128 Å². The molecule has 0 spiro atoms. The van der Waals surface area contributed by atoms with Crippen molar-refractivity contribution in [2.45, 2.75) is 11.3 Å². The van der Waals surface area contributed by atoms with Gasteiger partial charge in [0.25, 0.3) is 10.0 Å². The van der Waals surface area contributed by atoms with Crippen LogP contribution in [0.3, 0.4) is 0 Å². The maximum atomic E-state index is 12.3. The van der Waals surface area contributed by atoms with Crippen molar-refractivity contribution in [1.29, 1.82) is 0 Å². The van der Waals surface area contributed by atoms with Crippen molar-refractivity contribution in [1.82, 2.24) is 4.98 Å². The van der Waals surface area contributed by atoms with E-state index in [1.165, 1.54) is 30.5 Å². The molecule has 0 fully saturated rings. The van der Waals surface area contributed by atoms with E-state index in [1.54, 1.807) is 0 Å². The van der Waals surface area contributed by atoms with Crippen LogP contribution in [0.25, 0.3) is 0 Å². The molecule has 0 saturated heterocycles. The first kappa shape index (κ1) is 16.4. The molecule has 0 amide bonds. The van der Waals surface area contributed by atoms with Crippen LogP contribution in [0.5, 0.6) is 5.75 Å². The van der Waals surface area contributed by atoms with Gasteiger partial charge in [-0.15, -0.1) is 13.2 Å². The number of alkyl halides is 3. The van der Waals surface area contributed by atoms with Crippen molar-refractivity contribution in [3.05, 3.63) is 47.6 Å². The number of nitrogens with one attached hydrogen (secondary N) is 1. The fourth-order valence-electron chi connectivity index (χ4n) is 1.51. The molecule has 1 aromatic heterocycles. The van der Waals surface area contributed by atoms with Crippen molar-refractivity contribution >= 4 is 27.4 Å². The highest BCUT2D eigenvalue weighted by atomic mass is 35.5. The first-order valence-corrected chi connectivity index (χ1v) is 7.53. The van der Waals surface area contributed by atoms with Crippen molar-refractivity contribution in [2.75, 3.05) is 4.72 Å². The third-order valence-corrected chi connectivity index (χ3v) is 3.95. The molecule has 1 aromatic carbocycles. The highest BCUT2D eigenvalue weighted by molar-refractivity contribution is 7.92. The molecule has 0 saturated carbocycles. The lowest BCUT2D eigenvalue weighted by atomic mass is 10.3. The van der Waals surface area contributed by atoms with E-state index in [1.807, 2.05) is 4.72 Å². The van der Waals surface area contributed by atoms with E-state index in [0.717, 1.165) is 12.1 Å². The van der Waals surface area contributed by atoms with Gasteiger partial charge in [-0.25, -0.2) is 13.4 Å². The van der Waals surface area contributed by atoms with Crippen LogP contribution in [0.4, 0.5) is 19.0 Å². The molecular weight excluding hydrogens is 345 g/mol. The highest BCUT2D eigenvalue weighted by Crippen LogP contribution is 2.30. The fourth-order valence-corrected chi connectivity index (χ4v) is 2.76. The van der Waals surface area contributed by atoms with Crippen LogP contribution in [0, 0.1) is 0 Å². The van der Waals surface area contributed by atoms with Gasteiger partial charge in [0.2, 0.25) is 0 Å². The highest BCUT2D eigenvalue weighted by Gasteiger charge is 2.34. The summed E-state index contributed by atoms with van der Waals surface area (Å²) in [7, 11) is -4.31. The topological polar surface area (TPSA) is 68.3 Å². The quantitative estimate of drug-likeness (QED) is 0.915. The number of sulfonamides is 1. The number of ether oxygens (including phenoxy) is 1. The molecule has 0 aliphatic rings. The first-order chi connectivity index (χ1) is 10.2. The maximum Gasteiger partial charge on any atom is 0.573 e. The van der Waals surface area contributed by atoms with Crippen LogP contribution >= 0.6 is 11.6 Å². The predicted molar refractivity (Wildman–Crippen MR) is 73.2 cm³/mol. The number of halogens is 4. The van der Waals surface area contributed by atoms with E-state index >= 15 is 0 Å². The zero-order chi connectivity index (χ0) is 16.4. The van der Waals surface area contributed by atoms with E-state index in [9.17, 15) is 21.6 Å². The zero-order valence-electron chi connectivity index (χ0n) is 10.6. The number of hydrogen-bond acceptors (Lipinski definition) is 4. The molecule has 1 heterocycles. The van der Waals surface area contributed by atoms with Crippen LogP contribution in [0.15, 0.2) is 47.5 Å². The molecule has 1 N–H and O–H groups in total. The van der Waals surface area contributed by atoms with Gasteiger partial charge in [0.15, 0.2) is 0 Å². The second-order valence-electron chi connectivity index (χ2n) is 3.96. The van der Waals surface area contributed by atoms with Gasteiger partial charge in [0.05, 0.1) is 5.02 Å². The Kier molecular flexibility index (Phi) is 4.47.